The number of para-hydroxylation sites is 1. The van der Waals surface area contributed by atoms with Crippen LogP contribution in [0, 0.1) is 6.92 Å². The zero-order valence-corrected chi connectivity index (χ0v) is 18.7. The molecule has 0 spiro atoms. The Hall–Kier alpha value is -3.84. The van der Waals surface area contributed by atoms with Gasteiger partial charge in [-0.2, -0.15) is 0 Å². The van der Waals surface area contributed by atoms with E-state index in [1.807, 2.05) is 26.0 Å². The first-order chi connectivity index (χ1) is 15.8. The molecule has 1 heterocycles. The van der Waals surface area contributed by atoms with Crippen molar-refractivity contribution in [2.24, 2.45) is 0 Å². The van der Waals surface area contributed by atoms with Crippen LogP contribution < -0.4 is 0 Å². The maximum Gasteiger partial charge on any atom is 0.135 e. The van der Waals surface area contributed by atoms with Crippen molar-refractivity contribution >= 4 is 32.7 Å². The van der Waals surface area contributed by atoms with E-state index in [4.69, 9.17) is 4.42 Å². The highest BCUT2D eigenvalue weighted by atomic mass is 16.3. The van der Waals surface area contributed by atoms with Crippen LogP contribution in [0.4, 0.5) is 0 Å². The molecular weight excluding hydrogens is 388 g/mol. The summed E-state index contributed by atoms with van der Waals surface area (Å²) in [5, 5.41) is 4.95. The zero-order chi connectivity index (χ0) is 22.1. The third-order valence-electron chi connectivity index (χ3n) is 6.05. The predicted molar refractivity (Wildman–Crippen MR) is 138 cm³/mol. The molecule has 32 heavy (non-hydrogen) atoms. The van der Waals surface area contributed by atoms with Crippen LogP contribution in [0.15, 0.2) is 108 Å². The van der Waals surface area contributed by atoms with Crippen LogP contribution in [0.2, 0.25) is 0 Å². The minimum Gasteiger partial charge on any atom is -0.456 e. The molecule has 1 nitrogen and oxygen atoms in total. The van der Waals surface area contributed by atoms with E-state index in [0.29, 0.717) is 0 Å². The average molecular weight is 415 g/mol. The fraction of sp³-hybridized carbons (Fsp3) is 0.0968. The first kappa shape index (κ1) is 20.1. The molecule has 0 saturated heterocycles. The molecule has 0 bridgehead atoms. The van der Waals surface area contributed by atoms with Gasteiger partial charge in [0.25, 0.3) is 0 Å². The maximum absolute atomic E-state index is 5.97. The van der Waals surface area contributed by atoms with Crippen LogP contribution in [-0.4, -0.2) is 0 Å². The molecule has 0 radical (unpaired) electrons. The van der Waals surface area contributed by atoms with E-state index in [0.717, 1.165) is 21.9 Å². The van der Waals surface area contributed by atoms with Crippen molar-refractivity contribution in [2.75, 3.05) is 0 Å². The number of benzene rings is 5. The molecule has 5 aromatic carbocycles. The van der Waals surface area contributed by atoms with Gasteiger partial charge in [0.1, 0.15) is 11.2 Å². The van der Waals surface area contributed by atoms with Crippen LogP contribution in [-0.2, 0) is 0 Å². The Bertz CT molecular complexity index is 1530. The Balaban J connectivity index is 0.00000105. The number of furan rings is 1. The van der Waals surface area contributed by atoms with Crippen molar-refractivity contribution in [3.05, 3.63) is 109 Å². The van der Waals surface area contributed by atoms with Gasteiger partial charge in [0, 0.05) is 10.8 Å². The van der Waals surface area contributed by atoms with E-state index in [1.165, 1.54) is 38.6 Å². The summed E-state index contributed by atoms with van der Waals surface area (Å²) in [7, 11) is 0. The molecule has 0 unspecified atom stereocenters. The fourth-order valence-corrected chi connectivity index (χ4v) is 4.45. The van der Waals surface area contributed by atoms with E-state index in [-0.39, 0.29) is 0 Å². The summed E-state index contributed by atoms with van der Waals surface area (Å²) < 4.78 is 5.97. The van der Waals surface area contributed by atoms with Gasteiger partial charge in [-0.1, -0.05) is 98.8 Å². The van der Waals surface area contributed by atoms with Crippen molar-refractivity contribution < 1.29 is 4.42 Å². The van der Waals surface area contributed by atoms with Gasteiger partial charge in [0.2, 0.25) is 0 Å². The largest absolute Gasteiger partial charge is 0.456 e. The molecule has 0 aliphatic heterocycles. The normalized spacial score (nSPS) is 11.0. The summed E-state index contributed by atoms with van der Waals surface area (Å²) in [6.45, 7) is 6.17. The predicted octanol–water partition coefficient (Wildman–Crippen LogP) is 9.41. The molecule has 0 aliphatic rings. The van der Waals surface area contributed by atoms with Gasteiger partial charge in [0.15, 0.2) is 0 Å². The van der Waals surface area contributed by atoms with E-state index in [1.54, 1.807) is 0 Å². The molecule has 6 aromatic rings. The molecule has 1 aromatic heterocycles. The molecule has 0 amide bonds. The lowest BCUT2D eigenvalue weighted by Gasteiger charge is -2.10. The smallest absolute Gasteiger partial charge is 0.135 e. The van der Waals surface area contributed by atoms with Gasteiger partial charge >= 0.3 is 0 Å². The minimum atomic E-state index is 0.933. The Morgan fingerprint density at radius 2 is 1.06 bits per heavy atom. The highest BCUT2D eigenvalue weighted by Crippen LogP contribution is 2.34. The highest BCUT2D eigenvalue weighted by molar-refractivity contribution is 6.06. The number of aryl methyl sites for hydroxylation is 1. The van der Waals surface area contributed by atoms with Crippen LogP contribution >= 0.6 is 0 Å². The SMILES string of the molecule is CC.Cc1ccc(-c2ccc(-c3ccc4oc5ccccc5c4c3)cc2)c2ccccc12. The van der Waals surface area contributed by atoms with Gasteiger partial charge in [-0.15, -0.1) is 0 Å². The Kier molecular flexibility index (Phi) is 5.25. The van der Waals surface area contributed by atoms with Crippen molar-refractivity contribution in [3.8, 4) is 22.3 Å². The molecule has 156 valence electrons. The molecule has 1 heteroatoms. The van der Waals surface area contributed by atoms with Crippen molar-refractivity contribution in [1.82, 2.24) is 0 Å². The molecule has 0 N–H and O–H groups in total. The Labute approximate surface area is 188 Å². The number of hydrogen-bond donors (Lipinski definition) is 0. The molecule has 0 aliphatic carbocycles. The highest BCUT2D eigenvalue weighted by Gasteiger charge is 2.09. The lowest BCUT2D eigenvalue weighted by Crippen LogP contribution is -1.85. The summed E-state index contributed by atoms with van der Waals surface area (Å²) >= 11 is 0. The van der Waals surface area contributed by atoms with Gasteiger partial charge in [-0.3, -0.25) is 0 Å². The van der Waals surface area contributed by atoms with E-state index >= 15 is 0 Å². The van der Waals surface area contributed by atoms with Crippen molar-refractivity contribution in [1.29, 1.82) is 0 Å². The Morgan fingerprint density at radius 1 is 0.469 bits per heavy atom. The van der Waals surface area contributed by atoms with Gasteiger partial charge in [0.05, 0.1) is 0 Å². The monoisotopic (exact) mass is 414 g/mol. The zero-order valence-electron chi connectivity index (χ0n) is 18.7. The molecule has 0 saturated carbocycles. The van der Waals surface area contributed by atoms with E-state index in [2.05, 4.69) is 97.9 Å². The molecule has 0 atom stereocenters. The third kappa shape index (κ3) is 3.36. The summed E-state index contributed by atoms with van der Waals surface area (Å²) in [6, 6.07) is 36.6. The van der Waals surface area contributed by atoms with Crippen LogP contribution in [0.25, 0.3) is 55.0 Å². The standard InChI is InChI=1S/C29H20O.C2H6/c1-19-10-16-24(25-7-3-2-6-23(19)25)21-13-11-20(12-14-21)22-15-17-29-27(18-22)26-8-4-5-9-28(26)30-29;1-2/h2-18H,1H3;1-2H3. The average Bonchev–Trinajstić information content (AvgIpc) is 3.24. The summed E-state index contributed by atoms with van der Waals surface area (Å²) in [4.78, 5) is 0. The second kappa shape index (κ2) is 8.36. The second-order valence-corrected chi connectivity index (χ2v) is 7.86. The molecular formula is C31H26O. The molecule has 0 fully saturated rings. The van der Waals surface area contributed by atoms with Gasteiger partial charge in [-0.05, 0) is 63.7 Å². The topological polar surface area (TPSA) is 13.1 Å². The van der Waals surface area contributed by atoms with Crippen LogP contribution in [0.3, 0.4) is 0 Å². The summed E-state index contributed by atoms with van der Waals surface area (Å²) in [6.07, 6.45) is 0. The lowest BCUT2D eigenvalue weighted by molar-refractivity contribution is 0.669. The summed E-state index contributed by atoms with van der Waals surface area (Å²) in [5.41, 5.74) is 8.11. The number of rotatable bonds is 2. The van der Waals surface area contributed by atoms with E-state index < -0.39 is 0 Å². The third-order valence-corrected chi connectivity index (χ3v) is 6.05. The van der Waals surface area contributed by atoms with Gasteiger partial charge in [-0.25, -0.2) is 0 Å². The number of hydrogen-bond acceptors (Lipinski definition) is 1. The first-order valence-electron chi connectivity index (χ1n) is 11.3. The Morgan fingerprint density at radius 3 is 1.84 bits per heavy atom. The molecule has 6 rings (SSSR count). The first-order valence-corrected chi connectivity index (χ1v) is 11.3. The minimum absolute atomic E-state index is 0.933. The lowest BCUT2D eigenvalue weighted by atomic mass is 9.94. The number of fused-ring (bicyclic) bond motifs is 4. The van der Waals surface area contributed by atoms with Crippen molar-refractivity contribution in [2.45, 2.75) is 20.8 Å². The fourth-order valence-electron chi connectivity index (χ4n) is 4.45. The van der Waals surface area contributed by atoms with Crippen molar-refractivity contribution in [3.63, 3.8) is 0 Å². The maximum atomic E-state index is 5.97. The van der Waals surface area contributed by atoms with Crippen LogP contribution in [0.5, 0.6) is 0 Å². The second-order valence-electron chi connectivity index (χ2n) is 7.86. The van der Waals surface area contributed by atoms with Gasteiger partial charge < -0.3 is 4.42 Å². The summed E-state index contributed by atoms with van der Waals surface area (Å²) in [5.74, 6) is 0. The quantitative estimate of drug-likeness (QED) is 0.275. The van der Waals surface area contributed by atoms with E-state index in [9.17, 15) is 0 Å². The van der Waals surface area contributed by atoms with Crippen LogP contribution in [0.1, 0.15) is 19.4 Å².